The maximum atomic E-state index is 14.4. The van der Waals surface area contributed by atoms with E-state index in [1.54, 1.807) is 62.3 Å². The molecule has 0 amide bonds. The zero-order valence-corrected chi connectivity index (χ0v) is 36.1. The summed E-state index contributed by atoms with van der Waals surface area (Å²) in [7, 11) is 0. The van der Waals surface area contributed by atoms with Crippen LogP contribution in [0.15, 0.2) is 54.6 Å². The molecule has 4 unspecified atom stereocenters. The summed E-state index contributed by atoms with van der Waals surface area (Å²) in [6.07, 6.45) is -1.61. The van der Waals surface area contributed by atoms with Gasteiger partial charge in [-0.1, -0.05) is 55.5 Å². The molecule has 0 saturated carbocycles. The van der Waals surface area contributed by atoms with Gasteiger partial charge in [-0.2, -0.15) is 0 Å². The molecular formula is C46H62O12. The van der Waals surface area contributed by atoms with Gasteiger partial charge in [0.25, 0.3) is 0 Å². The molecule has 0 heterocycles. The molecule has 0 spiro atoms. The van der Waals surface area contributed by atoms with Gasteiger partial charge in [-0.3, -0.25) is 28.8 Å². The van der Waals surface area contributed by atoms with Crippen molar-refractivity contribution in [1.29, 1.82) is 0 Å². The number of hydrogen-bond acceptors (Lipinski definition) is 12. The van der Waals surface area contributed by atoms with Crippen molar-refractivity contribution in [3.63, 3.8) is 0 Å². The van der Waals surface area contributed by atoms with Crippen molar-refractivity contribution >= 4 is 57.2 Å². The molecule has 0 radical (unpaired) electrons. The fourth-order valence-electron chi connectivity index (χ4n) is 7.61. The molecule has 0 aliphatic rings. The van der Waals surface area contributed by atoms with E-state index in [0.29, 0.717) is 0 Å². The lowest BCUT2D eigenvalue weighted by Crippen LogP contribution is -2.48. The van der Waals surface area contributed by atoms with Gasteiger partial charge in [-0.15, -0.1) is 0 Å². The van der Waals surface area contributed by atoms with Gasteiger partial charge in [0.2, 0.25) is 0 Å². The van der Waals surface area contributed by atoms with Crippen LogP contribution in [-0.4, -0.2) is 72.3 Å². The van der Waals surface area contributed by atoms with Crippen LogP contribution in [0, 0.1) is 21.7 Å². The number of ketones is 1. The molecule has 318 valence electrons. The Balaban J connectivity index is 2.04. The normalized spacial score (nSPS) is 15.6. The number of aliphatic hydroxyl groups excluding tert-OH is 1. The highest BCUT2D eigenvalue weighted by Gasteiger charge is 2.54. The lowest BCUT2D eigenvalue weighted by atomic mass is 9.61. The lowest BCUT2D eigenvalue weighted by molar-refractivity contribution is -0.179. The Labute approximate surface area is 342 Å². The van der Waals surface area contributed by atoms with Crippen molar-refractivity contribution in [2.75, 3.05) is 19.8 Å². The highest BCUT2D eigenvalue weighted by Crippen LogP contribution is 2.50. The van der Waals surface area contributed by atoms with Gasteiger partial charge in [0.05, 0.1) is 27.8 Å². The van der Waals surface area contributed by atoms with Crippen LogP contribution < -0.4 is 0 Å². The van der Waals surface area contributed by atoms with Crippen molar-refractivity contribution < 1.29 is 57.6 Å². The Morgan fingerprint density at radius 3 is 1.66 bits per heavy atom. The third-order valence-corrected chi connectivity index (χ3v) is 10.3. The maximum Gasteiger partial charge on any atom is 0.313 e. The van der Waals surface area contributed by atoms with E-state index >= 15 is 0 Å². The summed E-state index contributed by atoms with van der Waals surface area (Å²) < 4.78 is 28.2. The molecule has 0 saturated heterocycles. The van der Waals surface area contributed by atoms with E-state index in [-0.39, 0.29) is 57.9 Å². The summed E-state index contributed by atoms with van der Waals surface area (Å²) >= 11 is 0. The number of fused-ring (bicyclic) bond motifs is 2. The SMILES string of the molecule is CCC(C)(CC(C)(CC(C)(CC(C)(C)C(=O)OCc1c2ccccc2cc2ccccc12)C(=O)OCCOC(=O)CC(C)=O)C(=O)OC(C)(C)C)C(=O)OCC(C)O. The van der Waals surface area contributed by atoms with E-state index in [0.717, 1.165) is 27.1 Å². The fourth-order valence-corrected chi connectivity index (χ4v) is 7.61. The van der Waals surface area contributed by atoms with E-state index < -0.39 is 69.6 Å². The van der Waals surface area contributed by atoms with Gasteiger partial charge in [0.15, 0.2) is 0 Å². The van der Waals surface area contributed by atoms with Crippen LogP contribution in [0.3, 0.4) is 0 Å². The van der Waals surface area contributed by atoms with Crippen LogP contribution in [0.25, 0.3) is 21.5 Å². The predicted octanol–water partition coefficient (Wildman–Crippen LogP) is 7.99. The molecule has 12 nitrogen and oxygen atoms in total. The molecule has 0 bridgehead atoms. The van der Waals surface area contributed by atoms with E-state index in [2.05, 4.69) is 6.07 Å². The first-order valence-electron chi connectivity index (χ1n) is 19.8. The average Bonchev–Trinajstić information content (AvgIpc) is 3.12. The van der Waals surface area contributed by atoms with E-state index in [1.807, 2.05) is 48.5 Å². The van der Waals surface area contributed by atoms with Gasteiger partial charge < -0.3 is 28.8 Å². The lowest BCUT2D eigenvalue weighted by Gasteiger charge is -2.43. The summed E-state index contributed by atoms with van der Waals surface area (Å²) in [6, 6.07) is 17.8. The first-order valence-corrected chi connectivity index (χ1v) is 19.8. The molecule has 12 heteroatoms. The Kier molecular flexibility index (Phi) is 15.8. The van der Waals surface area contributed by atoms with Crippen molar-refractivity contribution in [1.82, 2.24) is 0 Å². The minimum absolute atomic E-state index is 0.0457. The summed E-state index contributed by atoms with van der Waals surface area (Å²) in [6.45, 7) is 16.8. The molecule has 0 aliphatic heterocycles. The van der Waals surface area contributed by atoms with Crippen LogP contribution in [0.1, 0.15) is 114 Å². The van der Waals surface area contributed by atoms with Crippen LogP contribution in [-0.2, 0) is 59.1 Å². The molecule has 58 heavy (non-hydrogen) atoms. The Morgan fingerprint density at radius 1 is 0.638 bits per heavy atom. The smallest absolute Gasteiger partial charge is 0.313 e. The molecule has 0 aromatic heterocycles. The summed E-state index contributed by atoms with van der Waals surface area (Å²) in [5, 5.41) is 13.7. The second kappa shape index (κ2) is 19.3. The van der Waals surface area contributed by atoms with Crippen molar-refractivity contribution in [2.24, 2.45) is 21.7 Å². The number of Topliss-reactive ketones (excluding diaryl/α,β-unsaturated/α-hetero) is 1. The van der Waals surface area contributed by atoms with Crippen LogP contribution in [0.2, 0.25) is 0 Å². The summed E-state index contributed by atoms with van der Waals surface area (Å²) in [4.78, 5) is 79.8. The van der Waals surface area contributed by atoms with E-state index in [1.165, 1.54) is 13.8 Å². The first kappa shape index (κ1) is 47.5. The van der Waals surface area contributed by atoms with Gasteiger partial charge in [0.1, 0.15) is 44.2 Å². The fraction of sp³-hybridized carbons (Fsp3) is 0.565. The number of hydrogen-bond donors (Lipinski definition) is 1. The van der Waals surface area contributed by atoms with Crippen molar-refractivity contribution in [3.8, 4) is 0 Å². The first-order chi connectivity index (χ1) is 26.8. The minimum Gasteiger partial charge on any atom is -0.463 e. The highest BCUT2D eigenvalue weighted by atomic mass is 16.6. The minimum atomic E-state index is -1.60. The number of rotatable bonds is 20. The quantitative estimate of drug-likeness (QED) is 0.0385. The molecule has 3 aromatic carbocycles. The number of carbonyl (C=O) groups is 6. The maximum absolute atomic E-state index is 14.4. The zero-order valence-electron chi connectivity index (χ0n) is 36.1. The topological polar surface area (TPSA) is 169 Å². The Hall–Kier alpha value is -4.84. The predicted molar refractivity (Wildman–Crippen MR) is 219 cm³/mol. The van der Waals surface area contributed by atoms with E-state index in [4.69, 9.17) is 23.7 Å². The van der Waals surface area contributed by atoms with Gasteiger partial charge in [-0.05, 0) is 123 Å². The van der Waals surface area contributed by atoms with Crippen LogP contribution in [0.4, 0.5) is 0 Å². The van der Waals surface area contributed by atoms with Crippen LogP contribution >= 0.6 is 0 Å². The second-order valence-electron chi connectivity index (χ2n) is 18.0. The van der Waals surface area contributed by atoms with Crippen molar-refractivity contribution in [3.05, 3.63) is 60.2 Å². The third-order valence-electron chi connectivity index (χ3n) is 10.3. The number of esters is 5. The largest absolute Gasteiger partial charge is 0.463 e. The standard InChI is InChI=1S/C46H62O12/c1-12-44(9,39(51)56-25-31(3)48)28-46(11,41(53)58-42(4,5)6)29-45(10,40(52)55-22-21-54-37(49)23-30(2)47)27-43(7,8)38(50)57-26-36-34-19-15-13-17-32(34)24-33-18-14-16-20-35(33)36/h13-20,24,31,48H,12,21-23,25-29H2,1-11H3. The summed E-state index contributed by atoms with van der Waals surface area (Å²) in [5.74, 6) is -3.85. The van der Waals surface area contributed by atoms with E-state index in [9.17, 15) is 33.9 Å². The molecular weight excluding hydrogens is 744 g/mol. The Bertz CT molecular complexity index is 1920. The highest BCUT2D eigenvalue weighted by molar-refractivity contribution is 6.02. The molecule has 4 atom stereocenters. The molecule has 3 aromatic rings. The molecule has 1 N–H and O–H groups in total. The monoisotopic (exact) mass is 806 g/mol. The number of benzene rings is 3. The van der Waals surface area contributed by atoms with Gasteiger partial charge >= 0.3 is 29.8 Å². The van der Waals surface area contributed by atoms with Crippen molar-refractivity contribution in [2.45, 2.75) is 127 Å². The number of aliphatic hydroxyl groups is 1. The zero-order chi connectivity index (χ0) is 43.7. The van der Waals surface area contributed by atoms with Gasteiger partial charge in [-0.25, -0.2) is 0 Å². The average molecular weight is 807 g/mol. The molecule has 0 fully saturated rings. The molecule has 0 aliphatic carbocycles. The third kappa shape index (κ3) is 12.8. The number of carbonyl (C=O) groups excluding carboxylic acids is 6. The Morgan fingerprint density at radius 2 is 1.14 bits per heavy atom. The number of ether oxygens (including phenoxy) is 5. The van der Waals surface area contributed by atoms with Crippen LogP contribution in [0.5, 0.6) is 0 Å². The van der Waals surface area contributed by atoms with Gasteiger partial charge in [0, 0.05) is 5.56 Å². The summed E-state index contributed by atoms with van der Waals surface area (Å²) in [5.41, 5.74) is -5.83. The molecule has 3 rings (SSSR count). The second-order valence-corrected chi connectivity index (χ2v) is 18.0.